The molecule has 2 aromatic rings. The molecule has 1 N–H and O–H groups in total. The summed E-state index contributed by atoms with van der Waals surface area (Å²) in [5.74, 6) is 0.493. The third-order valence-corrected chi connectivity index (χ3v) is 4.43. The maximum atomic E-state index is 12.1. The van der Waals surface area contributed by atoms with Gasteiger partial charge in [0.15, 0.2) is 6.61 Å². The summed E-state index contributed by atoms with van der Waals surface area (Å²) in [7, 11) is 0. The van der Waals surface area contributed by atoms with Crippen LogP contribution >= 0.6 is 15.9 Å². The van der Waals surface area contributed by atoms with E-state index in [9.17, 15) is 4.79 Å². The van der Waals surface area contributed by atoms with Crippen LogP contribution in [-0.2, 0) is 10.2 Å². The largest absolute Gasteiger partial charge is 0.483 e. The summed E-state index contributed by atoms with van der Waals surface area (Å²) in [5, 5.41) is 2.88. The smallest absolute Gasteiger partial charge is 0.262 e. The molecule has 0 spiro atoms. The molecule has 0 aliphatic heterocycles. The van der Waals surface area contributed by atoms with E-state index in [4.69, 9.17) is 4.74 Å². The lowest BCUT2D eigenvalue weighted by Gasteiger charge is -2.20. The highest BCUT2D eigenvalue weighted by molar-refractivity contribution is 9.10. The summed E-state index contributed by atoms with van der Waals surface area (Å²) >= 11 is 3.52. The molecule has 0 heterocycles. The monoisotopic (exact) mass is 389 g/mol. The van der Waals surface area contributed by atoms with Crippen molar-refractivity contribution in [2.75, 3.05) is 11.9 Å². The molecule has 3 nitrogen and oxygen atoms in total. The summed E-state index contributed by atoms with van der Waals surface area (Å²) < 4.78 is 6.50. The molecule has 2 aromatic carbocycles. The number of hydrogen-bond donors (Lipinski definition) is 1. The number of amides is 1. The first-order valence-electron chi connectivity index (χ1n) is 7.97. The van der Waals surface area contributed by atoms with Crippen molar-refractivity contribution in [3.8, 4) is 5.75 Å². The minimum Gasteiger partial charge on any atom is -0.483 e. The molecule has 4 heteroatoms. The van der Waals surface area contributed by atoms with Gasteiger partial charge in [-0.15, -0.1) is 0 Å². The van der Waals surface area contributed by atoms with E-state index in [0.29, 0.717) is 5.75 Å². The topological polar surface area (TPSA) is 38.3 Å². The zero-order valence-electron chi connectivity index (χ0n) is 14.9. The van der Waals surface area contributed by atoms with Crippen molar-refractivity contribution >= 4 is 27.5 Å². The third kappa shape index (κ3) is 4.84. The highest BCUT2D eigenvalue weighted by Crippen LogP contribution is 2.31. The van der Waals surface area contributed by atoms with Crippen molar-refractivity contribution < 1.29 is 9.53 Å². The van der Waals surface area contributed by atoms with Crippen molar-refractivity contribution in [2.45, 2.75) is 40.0 Å². The Morgan fingerprint density at radius 3 is 2.42 bits per heavy atom. The molecule has 0 atom stereocenters. The number of hydrogen-bond acceptors (Lipinski definition) is 2. The van der Waals surface area contributed by atoms with Crippen LogP contribution in [0.2, 0.25) is 0 Å². The zero-order chi connectivity index (χ0) is 17.9. The molecule has 1 amide bonds. The zero-order valence-corrected chi connectivity index (χ0v) is 16.5. The Balaban J connectivity index is 1.99. The van der Waals surface area contributed by atoms with E-state index >= 15 is 0 Å². The van der Waals surface area contributed by atoms with Gasteiger partial charge >= 0.3 is 0 Å². The van der Waals surface area contributed by atoms with Crippen LogP contribution in [0.1, 0.15) is 37.5 Å². The summed E-state index contributed by atoms with van der Waals surface area (Å²) in [6.45, 7) is 10.5. The van der Waals surface area contributed by atoms with Gasteiger partial charge in [-0.25, -0.2) is 0 Å². The van der Waals surface area contributed by atoms with Crippen LogP contribution < -0.4 is 10.1 Å². The van der Waals surface area contributed by atoms with Gasteiger partial charge in [0.05, 0.1) is 4.47 Å². The normalized spacial score (nSPS) is 11.2. The highest BCUT2D eigenvalue weighted by Gasteiger charge is 2.15. The maximum absolute atomic E-state index is 12.1. The average Bonchev–Trinajstić information content (AvgIpc) is 2.48. The van der Waals surface area contributed by atoms with E-state index in [0.717, 1.165) is 15.7 Å². The number of ether oxygens (including phenoxy) is 1. The van der Waals surface area contributed by atoms with Crippen LogP contribution in [0.25, 0.3) is 0 Å². The number of carbonyl (C=O) groups excluding carboxylic acids is 1. The van der Waals surface area contributed by atoms with Gasteiger partial charge < -0.3 is 10.1 Å². The molecule has 0 aliphatic carbocycles. The predicted molar refractivity (Wildman–Crippen MR) is 103 cm³/mol. The van der Waals surface area contributed by atoms with Crippen LogP contribution in [0, 0.1) is 13.8 Å². The average molecular weight is 390 g/mol. The molecule has 128 valence electrons. The molecule has 0 fully saturated rings. The molecular weight excluding hydrogens is 366 g/mol. The fraction of sp³-hybridized carbons (Fsp3) is 0.350. The Morgan fingerprint density at radius 1 is 1.12 bits per heavy atom. The maximum Gasteiger partial charge on any atom is 0.262 e. The van der Waals surface area contributed by atoms with Gasteiger partial charge in [0.1, 0.15) is 5.75 Å². The Kier molecular flexibility index (Phi) is 5.70. The van der Waals surface area contributed by atoms with Gasteiger partial charge in [-0.2, -0.15) is 0 Å². The van der Waals surface area contributed by atoms with Gasteiger partial charge in [-0.1, -0.05) is 44.5 Å². The van der Waals surface area contributed by atoms with Crippen molar-refractivity contribution in [3.63, 3.8) is 0 Å². The van der Waals surface area contributed by atoms with Crippen molar-refractivity contribution in [3.05, 3.63) is 57.6 Å². The lowest BCUT2D eigenvalue weighted by molar-refractivity contribution is -0.118. The fourth-order valence-electron chi connectivity index (χ4n) is 2.37. The molecule has 0 saturated heterocycles. The van der Waals surface area contributed by atoms with E-state index < -0.39 is 0 Å². The van der Waals surface area contributed by atoms with E-state index in [1.165, 1.54) is 11.1 Å². The first kappa shape index (κ1) is 18.5. The minimum absolute atomic E-state index is 0.0270. The quantitative estimate of drug-likeness (QED) is 0.761. The van der Waals surface area contributed by atoms with Crippen molar-refractivity contribution in [1.82, 2.24) is 0 Å². The van der Waals surface area contributed by atoms with Gasteiger partial charge in [-0.05, 0) is 64.5 Å². The lowest BCUT2D eigenvalue weighted by atomic mass is 9.87. The van der Waals surface area contributed by atoms with Crippen LogP contribution in [0.4, 0.5) is 5.69 Å². The van der Waals surface area contributed by atoms with E-state index in [1.807, 2.05) is 50.2 Å². The third-order valence-electron chi connectivity index (χ3n) is 3.81. The molecule has 2 rings (SSSR count). The standard InChI is InChI=1S/C20H24BrNO2/c1-13-6-8-17(14(2)10-13)22-19(23)12-24-18-9-7-15(11-16(18)21)20(3,4)5/h6-11H,12H2,1-5H3,(H,22,23). The molecule has 24 heavy (non-hydrogen) atoms. The van der Waals surface area contributed by atoms with Crippen molar-refractivity contribution in [1.29, 1.82) is 0 Å². The van der Waals surface area contributed by atoms with Gasteiger partial charge in [0.2, 0.25) is 0 Å². The second-order valence-electron chi connectivity index (χ2n) is 7.05. The number of aryl methyl sites for hydroxylation is 2. The van der Waals surface area contributed by atoms with Crippen LogP contribution in [-0.4, -0.2) is 12.5 Å². The molecule has 0 saturated carbocycles. The van der Waals surface area contributed by atoms with Crippen LogP contribution in [0.5, 0.6) is 5.75 Å². The number of rotatable bonds is 4. The Labute approximate surface area is 152 Å². The SMILES string of the molecule is Cc1ccc(NC(=O)COc2ccc(C(C)(C)C)cc2Br)c(C)c1. The highest BCUT2D eigenvalue weighted by atomic mass is 79.9. The van der Waals surface area contributed by atoms with Gasteiger partial charge in [0, 0.05) is 5.69 Å². The van der Waals surface area contributed by atoms with E-state index in [2.05, 4.69) is 42.0 Å². The minimum atomic E-state index is -0.172. The molecule has 0 radical (unpaired) electrons. The summed E-state index contributed by atoms with van der Waals surface area (Å²) in [4.78, 5) is 12.1. The number of nitrogens with one attached hydrogen (secondary N) is 1. The number of halogens is 1. The van der Waals surface area contributed by atoms with Gasteiger partial charge in [-0.3, -0.25) is 4.79 Å². The Bertz CT molecular complexity index is 748. The van der Waals surface area contributed by atoms with Gasteiger partial charge in [0.25, 0.3) is 5.91 Å². The van der Waals surface area contributed by atoms with Crippen LogP contribution in [0.15, 0.2) is 40.9 Å². The fourth-order valence-corrected chi connectivity index (χ4v) is 2.86. The second-order valence-corrected chi connectivity index (χ2v) is 7.90. The van der Waals surface area contributed by atoms with Crippen LogP contribution in [0.3, 0.4) is 0 Å². The lowest BCUT2D eigenvalue weighted by Crippen LogP contribution is -2.21. The number of benzene rings is 2. The number of carbonyl (C=O) groups is 1. The predicted octanol–water partition coefficient (Wildman–Crippen LogP) is 5.38. The molecule has 0 unspecified atom stereocenters. The summed E-state index contributed by atoms with van der Waals surface area (Å²) in [5.41, 5.74) is 4.31. The molecule has 0 aliphatic rings. The summed E-state index contributed by atoms with van der Waals surface area (Å²) in [6.07, 6.45) is 0. The number of anilines is 1. The Hall–Kier alpha value is -1.81. The molecular formula is C20H24BrNO2. The first-order valence-corrected chi connectivity index (χ1v) is 8.76. The molecule has 0 aromatic heterocycles. The second kappa shape index (κ2) is 7.39. The van der Waals surface area contributed by atoms with Crippen molar-refractivity contribution in [2.24, 2.45) is 0 Å². The molecule has 0 bridgehead atoms. The van der Waals surface area contributed by atoms with E-state index in [-0.39, 0.29) is 17.9 Å². The first-order chi connectivity index (χ1) is 11.2. The summed E-state index contributed by atoms with van der Waals surface area (Å²) in [6, 6.07) is 11.9. The Morgan fingerprint density at radius 2 is 1.83 bits per heavy atom. The van der Waals surface area contributed by atoms with E-state index in [1.54, 1.807) is 0 Å².